The van der Waals surface area contributed by atoms with E-state index in [1.807, 2.05) is 0 Å². The Kier molecular flexibility index (Phi) is 3.55. The highest BCUT2D eigenvalue weighted by Gasteiger charge is 2.16. The summed E-state index contributed by atoms with van der Waals surface area (Å²) in [6.45, 7) is 11.4. The molecule has 0 aromatic rings. The lowest BCUT2D eigenvalue weighted by molar-refractivity contribution is 0.675. The van der Waals surface area contributed by atoms with Gasteiger partial charge < -0.3 is 4.41 Å². The fourth-order valence-corrected chi connectivity index (χ4v) is 7.41. The lowest BCUT2D eigenvalue weighted by Gasteiger charge is -2.27. The van der Waals surface area contributed by atoms with Gasteiger partial charge in [0.1, 0.15) is 0 Å². The quantitative estimate of drug-likeness (QED) is 0.485. The van der Waals surface area contributed by atoms with Crippen LogP contribution < -0.4 is 0 Å². The van der Waals surface area contributed by atoms with Crippen molar-refractivity contribution in [3.8, 4) is 0 Å². The molecular formula is C7H21N2PSi. The Bertz CT molecular complexity index is 175. The molecule has 0 saturated carbocycles. The molecule has 0 aliphatic carbocycles. The molecule has 0 atom stereocenters. The van der Waals surface area contributed by atoms with Crippen molar-refractivity contribution < 1.29 is 0 Å². The highest BCUT2D eigenvalue weighted by Crippen LogP contribution is 2.44. The second kappa shape index (κ2) is 3.42. The summed E-state index contributed by atoms with van der Waals surface area (Å²) < 4.78 is 7.19. The van der Waals surface area contributed by atoms with Gasteiger partial charge in [0.05, 0.1) is 0 Å². The van der Waals surface area contributed by atoms with Crippen molar-refractivity contribution in [1.29, 1.82) is 0 Å². The van der Waals surface area contributed by atoms with Gasteiger partial charge in [-0.15, -0.1) is 0 Å². The Morgan fingerprint density at radius 2 is 1.45 bits per heavy atom. The molecule has 4 heteroatoms. The zero-order valence-corrected chi connectivity index (χ0v) is 10.7. The highest BCUT2D eigenvalue weighted by atomic mass is 31.2. The van der Waals surface area contributed by atoms with Crippen LogP contribution in [0.4, 0.5) is 0 Å². The van der Waals surface area contributed by atoms with E-state index in [2.05, 4.69) is 51.7 Å². The van der Waals surface area contributed by atoms with Crippen LogP contribution in [0.1, 0.15) is 0 Å². The maximum atomic E-state index is 4.92. The molecule has 0 aromatic heterocycles. The molecule has 0 N–H and O–H groups in total. The first-order valence-electron chi connectivity index (χ1n) is 3.91. The number of rotatable bonds is 2. The van der Waals surface area contributed by atoms with E-state index in [1.165, 1.54) is 0 Å². The zero-order chi connectivity index (χ0) is 9.28. The third kappa shape index (κ3) is 4.78. The van der Waals surface area contributed by atoms with Crippen LogP contribution in [0.3, 0.4) is 0 Å². The lowest BCUT2D eigenvalue weighted by atomic mass is 11.3. The number of nitrogens with zero attached hydrogens (tertiary/aromatic N) is 2. The van der Waals surface area contributed by atoms with E-state index >= 15 is 0 Å². The van der Waals surface area contributed by atoms with E-state index in [-0.39, 0.29) is 0 Å². The molecule has 0 unspecified atom stereocenters. The highest BCUT2D eigenvalue weighted by molar-refractivity contribution is 7.63. The maximum absolute atomic E-state index is 4.92. The molecule has 2 nitrogen and oxygen atoms in total. The minimum atomic E-state index is -1.22. The monoisotopic (exact) mass is 192 g/mol. The topological polar surface area (TPSA) is 15.6 Å². The molecule has 0 heterocycles. The molecule has 0 amide bonds. The number of hydrogen-bond donors (Lipinski definition) is 0. The van der Waals surface area contributed by atoms with E-state index in [1.54, 1.807) is 0 Å². The van der Waals surface area contributed by atoms with Crippen molar-refractivity contribution in [3.05, 3.63) is 0 Å². The average Bonchev–Trinajstić information content (AvgIpc) is 1.56. The first-order chi connectivity index (χ1) is 4.65. The number of hydrogen-bond acceptors (Lipinski definition) is 1. The lowest BCUT2D eigenvalue weighted by Crippen LogP contribution is -2.18. The Balaban J connectivity index is 4.67. The van der Waals surface area contributed by atoms with Crippen molar-refractivity contribution in [2.24, 2.45) is 4.41 Å². The van der Waals surface area contributed by atoms with Gasteiger partial charge in [0.15, 0.2) is 8.24 Å². The van der Waals surface area contributed by atoms with Gasteiger partial charge in [-0.25, -0.2) is 0 Å². The summed E-state index contributed by atoms with van der Waals surface area (Å²) in [6, 6.07) is 0. The molecule has 11 heavy (non-hydrogen) atoms. The predicted molar refractivity (Wildman–Crippen MR) is 58.2 cm³/mol. The molecular weight excluding hydrogens is 171 g/mol. The van der Waals surface area contributed by atoms with Crippen LogP contribution in [0.5, 0.6) is 0 Å². The van der Waals surface area contributed by atoms with Crippen molar-refractivity contribution in [2.45, 2.75) is 19.6 Å². The van der Waals surface area contributed by atoms with Crippen LogP contribution in [0.2, 0.25) is 19.6 Å². The molecule has 0 fully saturated rings. The van der Waals surface area contributed by atoms with Gasteiger partial charge in [-0.1, -0.05) is 19.6 Å². The molecule has 0 rings (SSSR count). The maximum Gasteiger partial charge on any atom is 0.172 e. The van der Waals surface area contributed by atoms with Crippen molar-refractivity contribution in [2.75, 3.05) is 27.4 Å². The van der Waals surface area contributed by atoms with Crippen LogP contribution in [0.15, 0.2) is 4.41 Å². The molecule has 0 aliphatic heterocycles. The van der Waals surface area contributed by atoms with E-state index in [0.29, 0.717) is 0 Å². The van der Waals surface area contributed by atoms with Crippen molar-refractivity contribution in [3.63, 3.8) is 0 Å². The van der Waals surface area contributed by atoms with Gasteiger partial charge in [-0.2, -0.15) is 0 Å². The van der Waals surface area contributed by atoms with Crippen LogP contribution in [-0.4, -0.2) is 40.3 Å². The van der Waals surface area contributed by atoms with Crippen molar-refractivity contribution in [1.82, 2.24) is 4.67 Å². The second-order valence-corrected chi connectivity index (χ2v) is 13.1. The van der Waals surface area contributed by atoms with E-state index < -0.39 is 15.4 Å². The summed E-state index contributed by atoms with van der Waals surface area (Å²) in [5, 5.41) is 0. The van der Waals surface area contributed by atoms with Gasteiger partial charge in [0, 0.05) is 7.21 Å². The summed E-state index contributed by atoms with van der Waals surface area (Å²) >= 11 is 0. The van der Waals surface area contributed by atoms with E-state index in [4.69, 9.17) is 4.41 Å². The third-order valence-electron chi connectivity index (χ3n) is 1.52. The van der Waals surface area contributed by atoms with E-state index in [9.17, 15) is 0 Å². The summed E-state index contributed by atoms with van der Waals surface area (Å²) in [7, 11) is 1.91. The minimum Gasteiger partial charge on any atom is -0.325 e. The third-order valence-corrected chi connectivity index (χ3v) is 7.84. The largest absolute Gasteiger partial charge is 0.325 e. The zero-order valence-electron chi connectivity index (χ0n) is 8.84. The molecule has 0 aromatic carbocycles. The smallest absolute Gasteiger partial charge is 0.172 e. The average molecular weight is 192 g/mol. The Morgan fingerprint density at radius 1 is 1.09 bits per heavy atom. The Hall–Kier alpha value is 0.407. The van der Waals surface area contributed by atoms with Gasteiger partial charge >= 0.3 is 0 Å². The molecule has 0 radical (unpaired) electrons. The standard InChI is InChI=1S/C7H21N2PSi/c1-9(2)10(3,4)8-11(5,6)7/h1-7H3. The second-order valence-electron chi connectivity index (χ2n) is 4.45. The van der Waals surface area contributed by atoms with Gasteiger partial charge in [-0.05, 0) is 27.4 Å². The first-order valence-corrected chi connectivity index (χ1v) is 9.95. The predicted octanol–water partition coefficient (Wildman–Crippen LogP) is 2.76. The van der Waals surface area contributed by atoms with Crippen LogP contribution >= 0.6 is 7.21 Å². The first kappa shape index (κ1) is 11.4. The molecule has 0 aliphatic rings. The molecule has 0 saturated heterocycles. The fraction of sp³-hybridized carbons (Fsp3) is 1.00. The minimum absolute atomic E-state index is 1.12. The van der Waals surface area contributed by atoms with Crippen molar-refractivity contribution >= 4 is 15.4 Å². The Labute approximate surface area is 72.2 Å². The van der Waals surface area contributed by atoms with Crippen LogP contribution in [-0.2, 0) is 0 Å². The molecule has 0 bridgehead atoms. The SMILES string of the molecule is CN(C)P(C)(C)=N[Si](C)(C)C. The summed E-state index contributed by atoms with van der Waals surface area (Å²) in [5.41, 5.74) is 0. The Morgan fingerprint density at radius 3 is 1.55 bits per heavy atom. The van der Waals surface area contributed by atoms with Gasteiger partial charge in [0.25, 0.3) is 0 Å². The van der Waals surface area contributed by atoms with Gasteiger partial charge in [0.2, 0.25) is 0 Å². The summed E-state index contributed by atoms with van der Waals surface area (Å²) in [5.74, 6) is 0. The summed E-state index contributed by atoms with van der Waals surface area (Å²) in [4.78, 5) is 0. The molecule has 0 spiro atoms. The van der Waals surface area contributed by atoms with Crippen LogP contribution in [0, 0.1) is 0 Å². The normalized spacial score (nSPS) is 13.8. The molecule has 68 valence electrons. The van der Waals surface area contributed by atoms with E-state index in [0.717, 1.165) is 0 Å². The van der Waals surface area contributed by atoms with Crippen LogP contribution in [0.25, 0.3) is 0 Å². The fourth-order valence-electron chi connectivity index (χ4n) is 0.824. The summed E-state index contributed by atoms with van der Waals surface area (Å²) in [6.07, 6.45) is 0. The van der Waals surface area contributed by atoms with Gasteiger partial charge in [-0.3, -0.25) is 4.67 Å².